The van der Waals surface area contributed by atoms with Crippen molar-refractivity contribution in [1.82, 2.24) is 0 Å². The molecule has 1 unspecified atom stereocenters. The first-order valence-electron chi connectivity index (χ1n) is 6.33. The minimum Gasteiger partial charge on any atom is -0.383 e. The normalized spacial score (nSPS) is 11.9. The van der Waals surface area contributed by atoms with E-state index in [1.807, 2.05) is 6.92 Å². The van der Waals surface area contributed by atoms with Crippen molar-refractivity contribution in [2.75, 3.05) is 19.0 Å². The highest BCUT2D eigenvalue weighted by molar-refractivity contribution is 5.94. The molecule has 7 heteroatoms. The van der Waals surface area contributed by atoms with Gasteiger partial charge in [-0.25, -0.2) is 0 Å². The molecule has 0 heterocycles. The second-order valence-corrected chi connectivity index (χ2v) is 4.44. The van der Waals surface area contributed by atoms with Gasteiger partial charge in [0, 0.05) is 24.8 Å². The van der Waals surface area contributed by atoms with E-state index >= 15 is 0 Å². The van der Waals surface area contributed by atoms with Crippen LogP contribution in [-0.4, -0.2) is 30.6 Å². The molecular formula is C13H19N3O4. The molecule has 0 spiro atoms. The first kappa shape index (κ1) is 15.9. The molecule has 0 saturated carbocycles. The van der Waals surface area contributed by atoms with Crippen molar-refractivity contribution in [3.05, 3.63) is 33.9 Å². The summed E-state index contributed by atoms with van der Waals surface area (Å²) in [7, 11) is 1.58. The van der Waals surface area contributed by atoms with Gasteiger partial charge in [0.25, 0.3) is 5.69 Å². The van der Waals surface area contributed by atoms with Crippen LogP contribution in [-0.2, 0) is 4.74 Å². The largest absolute Gasteiger partial charge is 0.383 e. The van der Waals surface area contributed by atoms with Gasteiger partial charge >= 0.3 is 0 Å². The Morgan fingerprint density at radius 1 is 1.55 bits per heavy atom. The summed E-state index contributed by atoms with van der Waals surface area (Å²) in [6, 6.07) is 4.12. The van der Waals surface area contributed by atoms with Gasteiger partial charge in [0.05, 0.1) is 11.5 Å². The predicted molar refractivity (Wildman–Crippen MR) is 75.8 cm³/mol. The summed E-state index contributed by atoms with van der Waals surface area (Å²) in [5, 5.41) is 14.2. The highest BCUT2D eigenvalue weighted by Gasteiger charge is 2.19. The number of benzene rings is 1. The molecule has 0 aromatic heterocycles. The van der Waals surface area contributed by atoms with Crippen LogP contribution in [0.2, 0.25) is 0 Å². The van der Waals surface area contributed by atoms with E-state index in [1.54, 1.807) is 7.11 Å². The molecule has 1 rings (SSSR count). The molecule has 0 fully saturated rings. The first-order chi connectivity index (χ1) is 9.49. The van der Waals surface area contributed by atoms with Crippen molar-refractivity contribution >= 4 is 17.3 Å². The van der Waals surface area contributed by atoms with Crippen molar-refractivity contribution in [3.63, 3.8) is 0 Å². The zero-order valence-electron chi connectivity index (χ0n) is 11.6. The summed E-state index contributed by atoms with van der Waals surface area (Å²) >= 11 is 0. The molecule has 3 N–H and O–H groups in total. The Hall–Kier alpha value is -2.15. The lowest BCUT2D eigenvalue weighted by Crippen LogP contribution is -2.25. The van der Waals surface area contributed by atoms with Gasteiger partial charge in [-0.05, 0) is 18.6 Å². The van der Waals surface area contributed by atoms with Gasteiger partial charge in [-0.1, -0.05) is 13.3 Å². The van der Waals surface area contributed by atoms with Gasteiger partial charge in [0.15, 0.2) is 0 Å². The lowest BCUT2D eigenvalue weighted by atomic mass is 10.1. The average Bonchev–Trinajstić information content (AvgIpc) is 2.39. The molecule has 0 bridgehead atoms. The summed E-state index contributed by atoms with van der Waals surface area (Å²) in [6.45, 7) is 2.47. The zero-order valence-corrected chi connectivity index (χ0v) is 11.6. The minimum absolute atomic E-state index is 0.0249. The second-order valence-electron chi connectivity index (χ2n) is 4.44. The lowest BCUT2D eigenvalue weighted by molar-refractivity contribution is -0.384. The Labute approximate surface area is 117 Å². The summed E-state index contributed by atoms with van der Waals surface area (Å²) < 4.78 is 5.08. The van der Waals surface area contributed by atoms with Crippen LogP contribution in [0.1, 0.15) is 30.1 Å². The standard InChI is InChI=1S/C13H19N3O4/c1-3-4-10(8-20-2)15-11-6-5-9(13(14)17)7-12(11)16(18)19/h5-7,10,15H,3-4,8H2,1-2H3,(H2,14,17). The summed E-state index contributed by atoms with van der Waals surface area (Å²) in [6.07, 6.45) is 1.75. The van der Waals surface area contributed by atoms with Gasteiger partial charge in [0.1, 0.15) is 5.69 Å². The molecule has 1 atom stereocenters. The number of hydrogen-bond donors (Lipinski definition) is 2. The van der Waals surface area contributed by atoms with Crippen LogP contribution in [0.4, 0.5) is 11.4 Å². The van der Waals surface area contributed by atoms with Gasteiger partial charge < -0.3 is 15.8 Å². The number of nitrogens with two attached hydrogens (primary N) is 1. The Morgan fingerprint density at radius 2 is 2.25 bits per heavy atom. The average molecular weight is 281 g/mol. The van der Waals surface area contributed by atoms with E-state index in [-0.39, 0.29) is 17.3 Å². The Bertz CT molecular complexity index is 485. The predicted octanol–water partition coefficient (Wildman–Crippen LogP) is 1.92. The van der Waals surface area contributed by atoms with E-state index in [4.69, 9.17) is 10.5 Å². The number of amides is 1. The molecule has 1 aromatic rings. The van der Waals surface area contributed by atoms with Crippen molar-refractivity contribution < 1.29 is 14.5 Å². The molecule has 0 aliphatic carbocycles. The number of nitro benzene ring substituents is 1. The van der Waals surface area contributed by atoms with Crippen LogP contribution in [0.25, 0.3) is 0 Å². The van der Waals surface area contributed by atoms with Crippen LogP contribution >= 0.6 is 0 Å². The third-order valence-corrected chi connectivity index (χ3v) is 2.84. The maximum absolute atomic E-state index is 11.1. The molecule has 110 valence electrons. The van der Waals surface area contributed by atoms with E-state index in [2.05, 4.69) is 5.32 Å². The van der Waals surface area contributed by atoms with Crippen molar-refractivity contribution in [2.45, 2.75) is 25.8 Å². The third-order valence-electron chi connectivity index (χ3n) is 2.84. The van der Waals surface area contributed by atoms with Crippen molar-refractivity contribution in [3.8, 4) is 0 Å². The van der Waals surface area contributed by atoms with Gasteiger partial charge in [-0.3, -0.25) is 14.9 Å². The number of carbonyl (C=O) groups is 1. The quantitative estimate of drug-likeness (QED) is 0.559. The smallest absolute Gasteiger partial charge is 0.293 e. The van der Waals surface area contributed by atoms with Crippen LogP contribution in [0.5, 0.6) is 0 Å². The number of hydrogen-bond acceptors (Lipinski definition) is 5. The minimum atomic E-state index is -0.693. The number of nitrogens with zero attached hydrogens (tertiary/aromatic N) is 1. The van der Waals surface area contributed by atoms with Gasteiger partial charge in [0.2, 0.25) is 5.91 Å². The fourth-order valence-electron chi connectivity index (χ4n) is 1.92. The summed E-state index contributed by atoms with van der Waals surface area (Å²) in [4.78, 5) is 21.6. The van der Waals surface area contributed by atoms with E-state index in [0.717, 1.165) is 12.8 Å². The highest BCUT2D eigenvalue weighted by atomic mass is 16.6. The molecule has 0 saturated heterocycles. The molecule has 0 radical (unpaired) electrons. The van der Waals surface area contributed by atoms with E-state index < -0.39 is 10.8 Å². The van der Waals surface area contributed by atoms with E-state index in [0.29, 0.717) is 12.3 Å². The number of nitro groups is 1. The summed E-state index contributed by atoms with van der Waals surface area (Å²) in [5.74, 6) is -0.693. The van der Waals surface area contributed by atoms with Crippen LogP contribution in [0.15, 0.2) is 18.2 Å². The second kappa shape index (κ2) is 7.44. The molecular weight excluding hydrogens is 262 g/mol. The monoisotopic (exact) mass is 281 g/mol. The fraction of sp³-hybridized carbons (Fsp3) is 0.462. The number of anilines is 1. The fourth-order valence-corrected chi connectivity index (χ4v) is 1.92. The number of nitrogens with one attached hydrogen (secondary N) is 1. The maximum Gasteiger partial charge on any atom is 0.293 e. The van der Waals surface area contributed by atoms with E-state index in [1.165, 1.54) is 18.2 Å². The van der Waals surface area contributed by atoms with Crippen molar-refractivity contribution in [1.29, 1.82) is 0 Å². The number of methoxy groups -OCH3 is 1. The molecule has 7 nitrogen and oxygen atoms in total. The summed E-state index contributed by atoms with van der Waals surface area (Å²) in [5.41, 5.74) is 5.43. The Morgan fingerprint density at radius 3 is 2.75 bits per heavy atom. The van der Waals surface area contributed by atoms with Crippen molar-refractivity contribution in [2.24, 2.45) is 5.73 Å². The number of rotatable bonds is 8. The molecule has 0 aliphatic heterocycles. The third kappa shape index (κ3) is 4.20. The molecule has 20 heavy (non-hydrogen) atoms. The number of primary amides is 1. The highest BCUT2D eigenvalue weighted by Crippen LogP contribution is 2.26. The van der Waals surface area contributed by atoms with E-state index in [9.17, 15) is 14.9 Å². The number of ether oxygens (including phenoxy) is 1. The molecule has 1 amide bonds. The number of carbonyl (C=O) groups excluding carboxylic acids is 1. The molecule has 1 aromatic carbocycles. The maximum atomic E-state index is 11.1. The Kier molecular flexibility index (Phi) is 5.92. The SMILES string of the molecule is CCCC(COC)Nc1ccc(C(N)=O)cc1[N+](=O)[O-]. The Balaban J connectivity index is 3.03. The zero-order chi connectivity index (χ0) is 15.1. The van der Waals surface area contributed by atoms with Crippen LogP contribution in [0.3, 0.4) is 0 Å². The molecule has 0 aliphatic rings. The topological polar surface area (TPSA) is 107 Å². The van der Waals surface area contributed by atoms with Gasteiger partial charge in [-0.2, -0.15) is 0 Å². The van der Waals surface area contributed by atoms with Crippen LogP contribution in [0, 0.1) is 10.1 Å². The lowest BCUT2D eigenvalue weighted by Gasteiger charge is -2.18. The first-order valence-corrected chi connectivity index (χ1v) is 6.33. The van der Waals surface area contributed by atoms with Gasteiger partial charge in [-0.15, -0.1) is 0 Å². The van der Waals surface area contributed by atoms with Crippen LogP contribution < -0.4 is 11.1 Å².